The second kappa shape index (κ2) is 6.71. The van der Waals surface area contributed by atoms with Gasteiger partial charge in [-0.25, -0.2) is 0 Å². The number of ether oxygens (including phenoxy) is 1. The van der Waals surface area contributed by atoms with Crippen LogP contribution in [0.2, 0.25) is 0 Å². The summed E-state index contributed by atoms with van der Waals surface area (Å²) in [6.07, 6.45) is 14.1. The van der Waals surface area contributed by atoms with Crippen molar-refractivity contribution in [2.24, 2.45) is 46.8 Å². The van der Waals surface area contributed by atoms with E-state index in [1.807, 2.05) is 0 Å². The van der Waals surface area contributed by atoms with Crippen LogP contribution < -0.4 is 0 Å². The molecule has 0 amide bonds. The van der Waals surface area contributed by atoms with Crippen LogP contribution in [0.1, 0.15) is 98.3 Å². The first-order chi connectivity index (χ1) is 13.3. The Kier molecular flexibility index (Phi) is 4.76. The van der Waals surface area contributed by atoms with E-state index in [1.54, 1.807) is 0 Å². The van der Waals surface area contributed by atoms with Crippen molar-refractivity contribution in [2.75, 3.05) is 6.61 Å². The van der Waals surface area contributed by atoms with E-state index < -0.39 is 0 Å². The van der Waals surface area contributed by atoms with Gasteiger partial charge in [0.1, 0.15) is 0 Å². The van der Waals surface area contributed by atoms with Gasteiger partial charge in [0.25, 0.3) is 0 Å². The molecule has 4 saturated carbocycles. The van der Waals surface area contributed by atoms with Gasteiger partial charge in [-0.2, -0.15) is 0 Å². The van der Waals surface area contributed by atoms with E-state index in [9.17, 15) is 5.11 Å². The van der Waals surface area contributed by atoms with Crippen LogP contribution in [0.4, 0.5) is 0 Å². The molecular formula is C26H44O2. The average Bonchev–Trinajstić information content (AvgIpc) is 3.38. The van der Waals surface area contributed by atoms with E-state index in [-0.39, 0.29) is 11.2 Å². The van der Waals surface area contributed by atoms with Crippen LogP contribution >= 0.6 is 0 Å². The van der Waals surface area contributed by atoms with E-state index in [2.05, 4.69) is 27.7 Å². The van der Waals surface area contributed by atoms with Gasteiger partial charge in [0.15, 0.2) is 0 Å². The summed E-state index contributed by atoms with van der Waals surface area (Å²) in [5.74, 6) is 6.16. The summed E-state index contributed by atoms with van der Waals surface area (Å²) in [5.41, 5.74) is 0.347. The van der Waals surface area contributed by atoms with E-state index in [1.165, 1.54) is 44.9 Å². The lowest BCUT2D eigenvalue weighted by molar-refractivity contribution is -0.155. The molecule has 0 bridgehead atoms. The van der Waals surface area contributed by atoms with Crippen molar-refractivity contribution in [1.82, 2.24) is 0 Å². The van der Waals surface area contributed by atoms with Gasteiger partial charge in [-0.1, -0.05) is 33.6 Å². The van der Waals surface area contributed by atoms with E-state index in [0.29, 0.717) is 5.41 Å². The Hall–Kier alpha value is -0.0800. The highest BCUT2D eigenvalue weighted by molar-refractivity contribution is 5.12. The maximum atomic E-state index is 11.1. The topological polar surface area (TPSA) is 32.8 Å². The fraction of sp³-hybridized carbons (Fsp3) is 1.00. The molecule has 28 heavy (non-hydrogen) atoms. The zero-order chi connectivity index (χ0) is 19.7. The maximum Gasteiger partial charge on any atom is 0.0921 e. The molecule has 1 heterocycles. The van der Waals surface area contributed by atoms with Crippen molar-refractivity contribution < 1.29 is 9.84 Å². The molecule has 0 aromatic heterocycles. The average molecular weight is 389 g/mol. The normalized spacial score (nSPS) is 58.4. The van der Waals surface area contributed by atoms with Crippen molar-refractivity contribution in [3.05, 3.63) is 0 Å². The monoisotopic (exact) mass is 388 g/mol. The molecule has 5 fully saturated rings. The van der Waals surface area contributed by atoms with Crippen LogP contribution in [0.15, 0.2) is 0 Å². The third kappa shape index (κ3) is 2.95. The summed E-state index contributed by atoms with van der Waals surface area (Å²) in [7, 11) is 0. The SMILES string of the molecule is CCC[C@@]1(O)CC[C@H]2[C@H](CC[C@@H]3[C@@H]2CC[C@@]2(C)[C@H]3[C@H](C)CC[C@@H]2C2(C)CO2)C1. The summed E-state index contributed by atoms with van der Waals surface area (Å²) in [6, 6.07) is 0. The largest absolute Gasteiger partial charge is 0.390 e. The number of hydrogen-bond acceptors (Lipinski definition) is 2. The molecule has 0 spiro atoms. The first kappa shape index (κ1) is 19.9. The van der Waals surface area contributed by atoms with Crippen LogP contribution in [-0.2, 0) is 4.74 Å². The number of hydrogen-bond donors (Lipinski definition) is 1. The zero-order valence-corrected chi connectivity index (χ0v) is 18.9. The summed E-state index contributed by atoms with van der Waals surface area (Å²) < 4.78 is 6.02. The summed E-state index contributed by atoms with van der Waals surface area (Å²) in [6.45, 7) is 10.9. The predicted octanol–water partition coefficient (Wildman–Crippen LogP) is 6.21. The van der Waals surface area contributed by atoms with E-state index in [4.69, 9.17) is 4.74 Å². The van der Waals surface area contributed by atoms with Crippen molar-refractivity contribution in [2.45, 2.75) is 110 Å². The highest BCUT2D eigenvalue weighted by Crippen LogP contribution is 2.67. The minimum Gasteiger partial charge on any atom is -0.390 e. The highest BCUT2D eigenvalue weighted by Gasteiger charge is 2.63. The second-order valence-corrected chi connectivity index (χ2v) is 12.3. The lowest BCUT2D eigenvalue weighted by Gasteiger charge is -2.63. The third-order valence-corrected chi connectivity index (χ3v) is 10.8. The predicted molar refractivity (Wildman–Crippen MR) is 114 cm³/mol. The van der Waals surface area contributed by atoms with Gasteiger partial charge in [-0.15, -0.1) is 0 Å². The van der Waals surface area contributed by atoms with Crippen molar-refractivity contribution in [3.8, 4) is 0 Å². The molecule has 0 aromatic rings. The Labute approximate surface area is 173 Å². The molecule has 1 aliphatic heterocycles. The Morgan fingerprint density at radius 2 is 1.68 bits per heavy atom. The van der Waals surface area contributed by atoms with Gasteiger partial charge in [-0.05, 0) is 112 Å². The Balaban J connectivity index is 1.38. The number of rotatable bonds is 3. The Morgan fingerprint density at radius 1 is 0.929 bits per heavy atom. The van der Waals surface area contributed by atoms with Crippen molar-refractivity contribution in [1.29, 1.82) is 0 Å². The van der Waals surface area contributed by atoms with Gasteiger partial charge in [-0.3, -0.25) is 0 Å². The molecule has 5 aliphatic rings. The number of aliphatic hydroxyl groups is 1. The van der Waals surface area contributed by atoms with Gasteiger partial charge in [0.2, 0.25) is 0 Å². The molecule has 10 atom stereocenters. The standard InChI is InChI=1S/C26H44O2/c1-5-12-26(27)14-11-19-18(15-26)7-8-21-20(19)10-13-24(3)22(25(4)16-28-25)9-6-17(2)23(21)24/h17-23,27H,5-16H2,1-4H3/t17-,18-,19+,20-,21-,22+,23+,24-,25?,26-/m1/s1. The van der Waals surface area contributed by atoms with Crippen molar-refractivity contribution in [3.63, 3.8) is 0 Å². The smallest absolute Gasteiger partial charge is 0.0921 e. The van der Waals surface area contributed by atoms with Crippen LogP contribution in [0.25, 0.3) is 0 Å². The number of fused-ring (bicyclic) bond motifs is 5. The van der Waals surface area contributed by atoms with Gasteiger partial charge < -0.3 is 9.84 Å². The van der Waals surface area contributed by atoms with E-state index >= 15 is 0 Å². The van der Waals surface area contributed by atoms with Crippen LogP contribution in [0, 0.1) is 46.8 Å². The van der Waals surface area contributed by atoms with Gasteiger partial charge in [0, 0.05) is 0 Å². The van der Waals surface area contributed by atoms with Gasteiger partial charge >= 0.3 is 0 Å². The first-order valence-electron chi connectivity index (χ1n) is 12.7. The molecule has 0 radical (unpaired) electrons. The first-order valence-corrected chi connectivity index (χ1v) is 12.7. The van der Waals surface area contributed by atoms with Crippen LogP contribution in [0.5, 0.6) is 0 Å². The minimum atomic E-state index is -0.340. The minimum absolute atomic E-state index is 0.193. The van der Waals surface area contributed by atoms with Crippen molar-refractivity contribution >= 4 is 0 Å². The van der Waals surface area contributed by atoms with Crippen LogP contribution in [-0.4, -0.2) is 22.9 Å². The fourth-order valence-corrected chi connectivity index (χ4v) is 9.67. The summed E-state index contributed by atoms with van der Waals surface area (Å²) in [4.78, 5) is 0. The highest BCUT2D eigenvalue weighted by atomic mass is 16.6. The fourth-order valence-electron chi connectivity index (χ4n) is 9.67. The molecule has 4 aliphatic carbocycles. The molecule has 160 valence electrons. The molecular weight excluding hydrogens is 344 g/mol. The molecule has 0 aromatic carbocycles. The molecule has 5 rings (SSSR count). The zero-order valence-electron chi connectivity index (χ0n) is 18.9. The Bertz CT molecular complexity index is 597. The number of epoxide rings is 1. The lowest BCUT2D eigenvalue weighted by atomic mass is 9.42. The molecule has 2 heteroatoms. The van der Waals surface area contributed by atoms with Gasteiger partial charge in [0.05, 0.1) is 17.8 Å². The third-order valence-electron chi connectivity index (χ3n) is 10.8. The maximum absolute atomic E-state index is 11.1. The van der Waals surface area contributed by atoms with Crippen LogP contribution in [0.3, 0.4) is 0 Å². The second-order valence-electron chi connectivity index (χ2n) is 12.3. The molecule has 1 unspecified atom stereocenters. The Morgan fingerprint density at radius 3 is 2.39 bits per heavy atom. The molecule has 1 N–H and O–H groups in total. The summed E-state index contributed by atoms with van der Waals surface area (Å²) in [5, 5.41) is 11.1. The van der Waals surface area contributed by atoms with E-state index in [0.717, 1.165) is 73.7 Å². The molecule has 1 saturated heterocycles. The summed E-state index contributed by atoms with van der Waals surface area (Å²) >= 11 is 0. The quantitative estimate of drug-likeness (QED) is 0.583. The lowest BCUT2D eigenvalue weighted by Crippen LogP contribution is -2.57. The molecule has 2 nitrogen and oxygen atoms in total.